The Bertz CT molecular complexity index is 445. The number of carboxylic acids is 1. The predicted molar refractivity (Wildman–Crippen MR) is 61.5 cm³/mol. The minimum Gasteiger partial charge on any atom is -0.478 e. The highest BCUT2D eigenvalue weighted by atomic mass is 35.5. The van der Waals surface area contributed by atoms with Gasteiger partial charge in [0.05, 0.1) is 23.3 Å². The highest BCUT2D eigenvalue weighted by Crippen LogP contribution is 2.31. The molecular weight excluding hydrogens is 252 g/mol. The van der Waals surface area contributed by atoms with Gasteiger partial charge < -0.3 is 9.84 Å². The molecule has 1 rings (SSSR count). The van der Waals surface area contributed by atoms with Crippen molar-refractivity contribution < 1.29 is 19.4 Å². The van der Waals surface area contributed by atoms with Crippen LogP contribution in [-0.2, 0) is 4.74 Å². The molecule has 0 amide bonds. The normalized spacial score (nSPS) is 9.94. The van der Waals surface area contributed by atoms with Gasteiger partial charge in [0.2, 0.25) is 0 Å². The summed E-state index contributed by atoms with van der Waals surface area (Å²) in [5.74, 6) is -1.75. The minimum atomic E-state index is -1.11. The summed E-state index contributed by atoms with van der Waals surface area (Å²) in [6.07, 6.45) is 1.67. The Morgan fingerprint density at radius 3 is 2.50 bits per heavy atom. The topological polar surface area (TPSA) is 63.6 Å². The number of hydrogen-bond donors (Lipinski definition) is 1. The molecule has 0 bridgehead atoms. The van der Waals surface area contributed by atoms with Crippen LogP contribution in [0.4, 0.5) is 0 Å². The molecule has 1 N–H and O–H groups in total. The molecule has 0 aliphatic rings. The van der Waals surface area contributed by atoms with Crippen molar-refractivity contribution in [3.8, 4) is 0 Å². The first-order valence-corrected chi connectivity index (χ1v) is 5.81. The van der Waals surface area contributed by atoms with Gasteiger partial charge in [0.1, 0.15) is 0 Å². The molecule has 1 aromatic carbocycles. The van der Waals surface area contributed by atoms with Crippen molar-refractivity contribution >= 4 is 35.3 Å². The molecule has 4 nitrogen and oxygen atoms in total. The third-order valence-electron chi connectivity index (χ3n) is 1.93. The summed E-state index contributed by atoms with van der Waals surface area (Å²) < 4.78 is 4.56. The molecule has 0 unspecified atom stereocenters. The summed E-state index contributed by atoms with van der Waals surface area (Å²) in [5, 5.41) is 9.14. The average Bonchev–Trinajstić information content (AvgIpc) is 2.26. The second kappa shape index (κ2) is 5.23. The highest BCUT2D eigenvalue weighted by Gasteiger charge is 2.21. The van der Waals surface area contributed by atoms with E-state index in [9.17, 15) is 9.59 Å². The first-order chi connectivity index (χ1) is 7.52. The zero-order chi connectivity index (χ0) is 12.3. The van der Waals surface area contributed by atoms with Gasteiger partial charge in [0.25, 0.3) is 0 Å². The lowest BCUT2D eigenvalue weighted by Gasteiger charge is -2.10. The van der Waals surface area contributed by atoms with Crippen molar-refractivity contribution in [1.29, 1.82) is 0 Å². The molecule has 0 aliphatic carbocycles. The van der Waals surface area contributed by atoms with E-state index in [1.165, 1.54) is 19.2 Å². The molecule has 1 aromatic rings. The van der Waals surface area contributed by atoms with Crippen molar-refractivity contribution in [2.75, 3.05) is 13.4 Å². The molecule has 0 atom stereocenters. The lowest BCUT2D eigenvalue weighted by Crippen LogP contribution is -2.09. The van der Waals surface area contributed by atoms with Crippen LogP contribution in [0.2, 0.25) is 5.02 Å². The minimum absolute atomic E-state index is 0.0392. The van der Waals surface area contributed by atoms with Crippen LogP contribution >= 0.6 is 23.4 Å². The lowest BCUT2D eigenvalue weighted by atomic mass is 10.1. The number of benzene rings is 1. The molecule has 0 spiro atoms. The van der Waals surface area contributed by atoms with Gasteiger partial charge in [-0.3, -0.25) is 0 Å². The quantitative estimate of drug-likeness (QED) is 0.668. The number of esters is 1. The van der Waals surface area contributed by atoms with E-state index < -0.39 is 11.9 Å². The number of rotatable bonds is 3. The van der Waals surface area contributed by atoms with E-state index >= 15 is 0 Å². The number of methoxy groups -OCH3 is 1. The molecule has 0 saturated heterocycles. The van der Waals surface area contributed by atoms with Crippen molar-refractivity contribution in [1.82, 2.24) is 0 Å². The van der Waals surface area contributed by atoms with Gasteiger partial charge in [-0.15, -0.1) is 11.8 Å². The maximum atomic E-state index is 11.5. The van der Waals surface area contributed by atoms with E-state index in [1.807, 2.05) is 0 Å². The third kappa shape index (κ3) is 2.31. The second-order valence-corrected chi connectivity index (χ2v) is 4.02. The van der Waals surface area contributed by atoms with Crippen LogP contribution in [0.15, 0.2) is 17.0 Å². The van der Waals surface area contributed by atoms with Crippen molar-refractivity contribution in [2.24, 2.45) is 0 Å². The zero-order valence-corrected chi connectivity index (χ0v) is 10.2. The van der Waals surface area contributed by atoms with E-state index in [1.54, 1.807) is 6.26 Å². The summed E-state index contributed by atoms with van der Waals surface area (Å²) in [4.78, 5) is 22.7. The monoisotopic (exact) mass is 260 g/mol. The molecule has 86 valence electrons. The van der Waals surface area contributed by atoms with Gasteiger partial charge in [0.15, 0.2) is 0 Å². The maximum Gasteiger partial charge on any atom is 0.340 e. The van der Waals surface area contributed by atoms with Crippen molar-refractivity contribution in [3.63, 3.8) is 0 Å². The zero-order valence-electron chi connectivity index (χ0n) is 8.61. The van der Waals surface area contributed by atoms with Crippen molar-refractivity contribution in [2.45, 2.75) is 4.90 Å². The first-order valence-electron chi connectivity index (χ1n) is 4.21. The van der Waals surface area contributed by atoms with Gasteiger partial charge >= 0.3 is 11.9 Å². The van der Waals surface area contributed by atoms with Gasteiger partial charge in [-0.2, -0.15) is 0 Å². The Balaban J connectivity index is 3.50. The first kappa shape index (κ1) is 12.9. The number of carbonyl (C=O) groups is 2. The number of carbonyl (C=O) groups excluding carboxylic acids is 1. The summed E-state index contributed by atoms with van der Waals surface area (Å²) in [5.41, 5.74) is 0.133. The van der Waals surface area contributed by atoms with E-state index in [2.05, 4.69) is 4.74 Å². The summed E-state index contributed by atoms with van der Waals surface area (Å²) in [6, 6.07) is 2.74. The van der Waals surface area contributed by atoms with Gasteiger partial charge in [0, 0.05) is 4.90 Å². The SMILES string of the molecule is COC(=O)c1c(Cl)ccc(C(=O)O)c1SC. The van der Waals surface area contributed by atoms with E-state index in [4.69, 9.17) is 16.7 Å². The highest BCUT2D eigenvalue weighted by molar-refractivity contribution is 7.98. The third-order valence-corrected chi connectivity index (χ3v) is 3.08. The number of halogens is 1. The molecule has 0 aliphatic heterocycles. The molecular formula is C10H9ClO4S. The standard InChI is InChI=1S/C10H9ClO4S/c1-15-10(14)7-6(11)4-3-5(9(12)13)8(7)16-2/h3-4H,1-2H3,(H,12,13). The van der Waals surface area contributed by atoms with E-state index in [0.29, 0.717) is 4.90 Å². The number of hydrogen-bond acceptors (Lipinski definition) is 4. The van der Waals surface area contributed by atoms with Crippen LogP contribution in [0.3, 0.4) is 0 Å². The van der Waals surface area contributed by atoms with Crippen LogP contribution < -0.4 is 0 Å². The Hall–Kier alpha value is -1.20. The summed E-state index contributed by atoms with van der Waals surface area (Å²) >= 11 is 6.99. The Morgan fingerprint density at radius 1 is 1.44 bits per heavy atom. The van der Waals surface area contributed by atoms with Crippen LogP contribution in [-0.4, -0.2) is 30.4 Å². The molecule has 0 heterocycles. The van der Waals surface area contributed by atoms with E-state index in [0.717, 1.165) is 11.8 Å². The largest absolute Gasteiger partial charge is 0.478 e. The Labute approximate surface area is 102 Å². The number of ether oxygens (including phenoxy) is 1. The fourth-order valence-electron chi connectivity index (χ4n) is 1.23. The molecule has 0 saturated carbocycles. The predicted octanol–water partition coefficient (Wildman–Crippen LogP) is 2.55. The van der Waals surface area contributed by atoms with Gasteiger partial charge in [-0.1, -0.05) is 11.6 Å². The summed E-state index contributed by atoms with van der Waals surface area (Å²) in [7, 11) is 1.22. The fourth-order valence-corrected chi connectivity index (χ4v) is 2.29. The lowest BCUT2D eigenvalue weighted by molar-refractivity contribution is 0.0597. The molecule has 6 heteroatoms. The summed E-state index contributed by atoms with van der Waals surface area (Å²) in [6.45, 7) is 0. The van der Waals surface area contributed by atoms with Gasteiger partial charge in [-0.25, -0.2) is 9.59 Å². The fraction of sp³-hybridized carbons (Fsp3) is 0.200. The van der Waals surface area contributed by atoms with Crippen LogP contribution in [0, 0.1) is 0 Å². The number of aromatic carboxylic acids is 1. The van der Waals surface area contributed by atoms with Crippen molar-refractivity contribution in [3.05, 3.63) is 28.3 Å². The average molecular weight is 261 g/mol. The van der Waals surface area contributed by atoms with Crippen LogP contribution in [0.25, 0.3) is 0 Å². The molecule has 0 aromatic heterocycles. The Morgan fingerprint density at radius 2 is 2.06 bits per heavy atom. The smallest absolute Gasteiger partial charge is 0.340 e. The molecule has 0 radical (unpaired) electrons. The van der Waals surface area contributed by atoms with Gasteiger partial charge in [-0.05, 0) is 18.4 Å². The van der Waals surface area contributed by atoms with Crippen LogP contribution in [0.1, 0.15) is 20.7 Å². The van der Waals surface area contributed by atoms with E-state index in [-0.39, 0.29) is 16.1 Å². The van der Waals surface area contributed by atoms with Crippen LogP contribution in [0.5, 0.6) is 0 Å². The molecule has 0 fully saturated rings. The Kier molecular flexibility index (Phi) is 4.20. The number of thioether (sulfide) groups is 1. The number of carboxylic acid groups (broad SMARTS) is 1. The second-order valence-electron chi connectivity index (χ2n) is 2.80. The maximum absolute atomic E-state index is 11.5. The molecule has 16 heavy (non-hydrogen) atoms.